The highest BCUT2D eigenvalue weighted by Gasteiger charge is 2.32. The number of aryl methyl sites for hydroxylation is 1. The zero-order valence-electron chi connectivity index (χ0n) is 11.9. The van der Waals surface area contributed by atoms with Crippen LogP contribution in [0.15, 0.2) is 24.3 Å². The molecule has 1 aliphatic rings. The minimum atomic E-state index is -0.852. The summed E-state index contributed by atoms with van der Waals surface area (Å²) in [5.74, 6) is -0.913. The Hall–Kier alpha value is -2.30. The first kappa shape index (κ1) is 13.7. The van der Waals surface area contributed by atoms with Crippen molar-refractivity contribution in [1.29, 1.82) is 0 Å². The maximum atomic E-state index is 12.8. The Bertz CT molecular complexity index is 705. The Labute approximate surface area is 122 Å². The molecule has 1 fully saturated rings. The second-order valence-corrected chi connectivity index (χ2v) is 5.56. The number of aliphatic carboxylic acids is 1. The summed E-state index contributed by atoms with van der Waals surface area (Å²) in [6, 6.07) is 7.51. The van der Waals surface area contributed by atoms with Gasteiger partial charge in [0.2, 0.25) is 0 Å². The molecule has 0 aliphatic carbocycles. The van der Waals surface area contributed by atoms with Crippen molar-refractivity contribution in [3.05, 3.63) is 35.5 Å². The van der Waals surface area contributed by atoms with Crippen LogP contribution in [0.5, 0.6) is 0 Å². The molecule has 1 aromatic carbocycles. The Balaban J connectivity index is 1.96. The molecule has 2 heterocycles. The Morgan fingerprint density at radius 3 is 2.90 bits per heavy atom. The molecular formula is C16H18N2O3. The van der Waals surface area contributed by atoms with E-state index < -0.39 is 5.97 Å². The van der Waals surface area contributed by atoms with Crippen molar-refractivity contribution in [2.24, 2.45) is 0 Å². The van der Waals surface area contributed by atoms with Crippen LogP contribution in [0.4, 0.5) is 0 Å². The Kier molecular flexibility index (Phi) is 3.41. The fourth-order valence-corrected chi connectivity index (χ4v) is 3.21. The van der Waals surface area contributed by atoms with E-state index >= 15 is 0 Å². The summed E-state index contributed by atoms with van der Waals surface area (Å²) in [5.41, 5.74) is 2.44. The molecule has 1 aliphatic heterocycles. The first-order chi connectivity index (χ1) is 10.1. The number of benzene rings is 1. The van der Waals surface area contributed by atoms with Crippen molar-refractivity contribution in [2.45, 2.75) is 32.2 Å². The lowest BCUT2D eigenvalue weighted by Crippen LogP contribution is -2.37. The van der Waals surface area contributed by atoms with Crippen LogP contribution in [0, 0.1) is 6.92 Å². The predicted molar refractivity (Wildman–Crippen MR) is 79.3 cm³/mol. The fourth-order valence-electron chi connectivity index (χ4n) is 3.21. The van der Waals surface area contributed by atoms with Crippen LogP contribution >= 0.6 is 0 Å². The van der Waals surface area contributed by atoms with Gasteiger partial charge in [-0.25, -0.2) is 0 Å². The molecule has 1 atom stereocenters. The van der Waals surface area contributed by atoms with Gasteiger partial charge in [-0.2, -0.15) is 0 Å². The Morgan fingerprint density at radius 1 is 1.38 bits per heavy atom. The molecule has 2 N–H and O–H groups in total. The summed E-state index contributed by atoms with van der Waals surface area (Å²) < 4.78 is 0. The summed E-state index contributed by atoms with van der Waals surface area (Å²) in [5, 5.41) is 9.89. The van der Waals surface area contributed by atoms with Crippen molar-refractivity contribution in [3.8, 4) is 0 Å². The number of para-hydroxylation sites is 1. The lowest BCUT2D eigenvalue weighted by Gasteiger charge is -2.23. The zero-order chi connectivity index (χ0) is 15.0. The van der Waals surface area contributed by atoms with E-state index in [0.29, 0.717) is 12.1 Å². The van der Waals surface area contributed by atoms with Crippen LogP contribution in [0.2, 0.25) is 0 Å². The third kappa shape index (κ3) is 2.39. The smallest absolute Gasteiger partial charge is 0.305 e. The number of nitrogens with one attached hydrogen (secondary N) is 1. The van der Waals surface area contributed by atoms with E-state index in [0.717, 1.165) is 29.4 Å². The molecule has 0 radical (unpaired) electrons. The molecule has 110 valence electrons. The van der Waals surface area contributed by atoms with Gasteiger partial charge in [0.25, 0.3) is 5.91 Å². The highest BCUT2D eigenvalue weighted by molar-refractivity contribution is 6.08. The van der Waals surface area contributed by atoms with Gasteiger partial charge in [-0.15, -0.1) is 0 Å². The normalized spacial score (nSPS) is 18.3. The average Bonchev–Trinajstić information content (AvgIpc) is 3.00. The van der Waals surface area contributed by atoms with E-state index in [2.05, 4.69) is 4.98 Å². The first-order valence-electron chi connectivity index (χ1n) is 7.18. The number of hydrogen-bond donors (Lipinski definition) is 2. The van der Waals surface area contributed by atoms with E-state index in [9.17, 15) is 9.59 Å². The number of carboxylic acids is 1. The van der Waals surface area contributed by atoms with Crippen molar-refractivity contribution in [1.82, 2.24) is 9.88 Å². The van der Waals surface area contributed by atoms with E-state index in [4.69, 9.17) is 5.11 Å². The highest BCUT2D eigenvalue weighted by Crippen LogP contribution is 2.28. The van der Waals surface area contributed by atoms with Gasteiger partial charge in [-0.05, 0) is 25.8 Å². The third-order valence-electron chi connectivity index (χ3n) is 4.16. The molecule has 0 bridgehead atoms. The van der Waals surface area contributed by atoms with Gasteiger partial charge in [0.15, 0.2) is 0 Å². The number of hydrogen-bond acceptors (Lipinski definition) is 2. The second kappa shape index (κ2) is 5.24. The van der Waals surface area contributed by atoms with Crippen LogP contribution in [-0.4, -0.2) is 39.5 Å². The molecular weight excluding hydrogens is 268 g/mol. The van der Waals surface area contributed by atoms with E-state index in [-0.39, 0.29) is 18.4 Å². The van der Waals surface area contributed by atoms with Gasteiger partial charge in [0, 0.05) is 29.2 Å². The van der Waals surface area contributed by atoms with Crippen LogP contribution in [-0.2, 0) is 4.79 Å². The van der Waals surface area contributed by atoms with E-state index in [1.165, 1.54) is 0 Å². The van der Waals surface area contributed by atoms with Crippen LogP contribution in [0.3, 0.4) is 0 Å². The summed E-state index contributed by atoms with van der Waals surface area (Å²) in [4.78, 5) is 28.7. The molecule has 1 aromatic heterocycles. The number of carboxylic acid groups (broad SMARTS) is 1. The molecule has 5 nitrogen and oxygen atoms in total. The standard InChI is InChI=1S/C16H18N2O3/c1-10-15(12-6-2-3-7-13(12)17-10)16(21)18-8-4-5-11(18)9-14(19)20/h2-3,6-7,11,17H,4-5,8-9H2,1H3,(H,19,20). The lowest BCUT2D eigenvalue weighted by molar-refractivity contribution is -0.137. The van der Waals surface area contributed by atoms with E-state index in [1.54, 1.807) is 4.90 Å². The molecule has 1 saturated heterocycles. The predicted octanol–water partition coefficient (Wildman–Crippen LogP) is 2.56. The maximum absolute atomic E-state index is 12.8. The summed E-state index contributed by atoms with van der Waals surface area (Å²) in [6.07, 6.45) is 1.65. The summed E-state index contributed by atoms with van der Waals surface area (Å²) in [7, 11) is 0. The largest absolute Gasteiger partial charge is 0.481 e. The average molecular weight is 286 g/mol. The highest BCUT2D eigenvalue weighted by atomic mass is 16.4. The van der Waals surface area contributed by atoms with Gasteiger partial charge in [-0.1, -0.05) is 18.2 Å². The lowest BCUT2D eigenvalue weighted by atomic mass is 10.1. The molecule has 0 saturated carbocycles. The number of fused-ring (bicyclic) bond motifs is 1. The van der Waals surface area contributed by atoms with Gasteiger partial charge < -0.3 is 15.0 Å². The number of carbonyl (C=O) groups excluding carboxylic acids is 1. The van der Waals surface area contributed by atoms with Crippen LogP contribution < -0.4 is 0 Å². The van der Waals surface area contributed by atoms with Gasteiger partial charge in [-0.3, -0.25) is 9.59 Å². The number of rotatable bonds is 3. The van der Waals surface area contributed by atoms with E-state index in [1.807, 2.05) is 31.2 Å². The second-order valence-electron chi connectivity index (χ2n) is 5.56. The number of amides is 1. The maximum Gasteiger partial charge on any atom is 0.305 e. The number of aromatic amines is 1. The van der Waals surface area contributed by atoms with Crippen molar-refractivity contribution < 1.29 is 14.7 Å². The van der Waals surface area contributed by atoms with Crippen molar-refractivity contribution in [2.75, 3.05) is 6.54 Å². The van der Waals surface area contributed by atoms with Gasteiger partial charge in [0.1, 0.15) is 0 Å². The molecule has 2 aromatic rings. The molecule has 5 heteroatoms. The van der Waals surface area contributed by atoms with Crippen molar-refractivity contribution >= 4 is 22.8 Å². The van der Waals surface area contributed by atoms with Crippen LogP contribution in [0.1, 0.15) is 35.3 Å². The minimum Gasteiger partial charge on any atom is -0.481 e. The molecule has 21 heavy (non-hydrogen) atoms. The summed E-state index contributed by atoms with van der Waals surface area (Å²) >= 11 is 0. The molecule has 0 spiro atoms. The monoisotopic (exact) mass is 286 g/mol. The van der Waals surface area contributed by atoms with Gasteiger partial charge in [0.05, 0.1) is 12.0 Å². The van der Waals surface area contributed by atoms with Crippen molar-refractivity contribution in [3.63, 3.8) is 0 Å². The molecule has 1 unspecified atom stereocenters. The first-order valence-corrected chi connectivity index (χ1v) is 7.18. The number of carbonyl (C=O) groups is 2. The quantitative estimate of drug-likeness (QED) is 0.910. The van der Waals surface area contributed by atoms with Gasteiger partial charge >= 0.3 is 5.97 Å². The summed E-state index contributed by atoms with van der Waals surface area (Å²) in [6.45, 7) is 2.52. The van der Waals surface area contributed by atoms with Crippen LogP contribution in [0.25, 0.3) is 10.9 Å². The fraction of sp³-hybridized carbons (Fsp3) is 0.375. The topological polar surface area (TPSA) is 73.4 Å². The number of likely N-dealkylation sites (tertiary alicyclic amines) is 1. The minimum absolute atomic E-state index is 0.0210. The zero-order valence-corrected chi connectivity index (χ0v) is 11.9. The SMILES string of the molecule is Cc1[nH]c2ccccc2c1C(=O)N1CCCC1CC(=O)O. The molecule has 1 amide bonds. The molecule has 3 rings (SSSR count). The number of aromatic nitrogens is 1. The third-order valence-corrected chi connectivity index (χ3v) is 4.16. The number of nitrogens with zero attached hydrogens (tertiary/aromatic N) is 1. The Morgan fingerprint density at radius 2 is 2.14 bits per heavy atom. The number of H-pyrrole nitrogens is 1.